The fourth-order valence-electron chi connectivity index (χ4n) is 2.91. The molecule has 3 aromatic rings. The Labute approximate surface area is 160 Å². The van der Waals surface area contributed by atoms with E-state index in [0.717, 1.165) is 11.9 Å². The summed E-state index contributed by atoms with van der Waals surface area (Å²) in [5.74, 6) is -0.475. The third-order valence-electron chi connectivity index (χ3n) is 4.12. The van der Waals surface area contributed by atoms with Gasteiger partial charge in [-0.25, -0.2) is 0 Å². The monoisotopic (exact) mass is 390 g/mol. The fraction of sp³-hybridized carbons (Fsp3) is 0.263. The fourth-order valence-corrected chi connectivity index (χ4v) is 3.74. The molecule has 0 N–H and O–H groups in total. The Bertz CT molecular complexity index is 982. The molecule has 2 aromatic heterocycles. The number of carbonyl (C=O) groups is 1. The van der Waals surface area contributed by atoms with Gasteiger partial charge in [-0.15, -0.1) is 0 Å². The number of methoxy groups -OCH3 is 1. The smallest absolute Gasteiger partial charge is 0.325 e. The van der Waals surface area contributed by atoms with Crippen LogP contribution in [0.5, 0.6) is 0 Å². The number of pyridine rings is 1. The molecule has 0 atom stereocenters. The van der Waals surface area contributed by atoms with Crippen molar-refractivity contribution in [3.8, 4) is 0 Å². The molecule has 0 amide bonds. The third-order valence-corrected chi connectivity index (χ3v) is 5.09. The second-order valence-corrected chi connectivity index (χ2v) is 7.36. The number of rotatable bonds is 6. The molecular weight excluding hydrogens is 372 g/mol. The largest absolute Gasteiger partial charge is 0.468 e. The van der Waals surface area contributed by atoms with Gasteiger partial charge in [0.25, 0.3) is 5.56 Å². The van der Waals surface area contributed by atoms with Crippen molar-refractivity contribution in [2.45, 2.75) is 19.6 Å². The molecular formula is C19H19ClN2O3S. The number of esters is 1. The van der Waals surface area contributed by atoms with Crippen molar-refractivity contribution in [1.82, 2.24) is 9.47 Å². The Morgan fingerprint density at radius 3 is 2.77 bits per heavy atom. The average Bonchev–Trinajstić information content (AvgIpc) is 3.11. The van der Waals surface area contributed by atoms with Gasteiger partial charge in [0.15, 0.2) is 0 Å². The van der Waals surface area contributed by atoms with Gasteiger partial charge < -0.3 is 4.74 Å². The predicted molar refractivity (Wildman–Crippen MR) is 105 cm³/mol. The van der Waals surface area contributed by atoms with Crippen molar-refractivity contribution < 1.29 is 9.53 Å². The Hall–Kier alpha value is -2.15. The van der Waals surface area contributed by atoms with Crippen LogP contribution < -0.4 is 5.56 Å². The topological polar surface area (TPSA) is 51.5 Å². The lowest BCUT2D eigenvalue weighted by atomic mass is 10.1. The molecule has 1 aromatic carbocycles. The highest BCUT2D eigenvalue weighted by Gasteiger charge is 2.14. The van der Waals surface area contributed by atoms with Gasteiger partial charge in [-0.05, 0) is 53.0 Å². The first-order valence-corrected chi connectivity index (χ1v) is 9.38. The van der Waals surface area contributed by atoms with Gasteiger partial charge in [0.05, 0.1) is 12.6 Å². The molecule has 2 heterocycles. The van der Waals surface area contributed by atoms with E-state index in [1.807, 2.05) is 24.6 Å². The number of benzene rings is 1. The highest BCUT2D eigenvalue weighted by Crippen LogP contribution is 2.20. The van der Waals surface area contributed by atoms with Crippen LogP contribution in [0.3, 0.4) is 0 Å². The second-order valence-electron chi connectivity index (χ2n) is 6.14. The highest BCUT2D eigenvalue weighted by molar-refractivity contribution is 7.07. The summed E-state index contributed by atoms with van der Waals surface area (Å²) < 4.78 is 6.17. The molecule has 26 heavy (non-hydrogen) atoms. The van der Waals surface area contributed by atoms with Crippen molar-refractivity contribution in [1.29, 1.82) is 0 Å². The molecule has 0 aliphatic carbocycles. The zero-order valence-corrected chi connectivity index (χ0v) is 16.1. The van der Waals surface area contributed by atoms with Gasteiger partial charge in [-0.1, -0.05) is 17.7 Å². The van der Waals surface area contributed by atoms with Gasteiger partial charge in [-0.3, -0.25) is 19.1 Å². The number of carbonyl (C=O) groups excluding carboxylic acids is 1. The summed E-state index contributed by atoms with van der Waals surface area (Å²) in [6, 6.07) is 9.26. The van der Waals surface area contributed by atoms with E-state index in [9.17, 15) is 9.59 Å². The molecule has 0 aliphatic rings. The number of aromatic nitrogens is 1. The van der Waals surface area contributed by atoms with E-state index in [1.54, 1.807) is 23.5 Å². The molecule has 0 bridgehead atoms. The molecule has 136 valence electrons. The summed E-state index contributed by atoms with van der Waals surface area (Å²) in [4.78, 5) is 26.8. The summed E-state index contributed by atoms with van der Waals surface area (Å²) >= 11 is 7.73. The number of thiophene rings is 1. The quantitative estimate of drug-likeness (QED) is 0.604. The van der Waals surface area contributed by atoms with Gasteiger partial charge >= 0.3 is 5.97 Å². The van der Waals surface area contributed by atoms with Crippen molar-refractivity contribution in [3.63, 3.8) is 0 Å². The molecule has 7 heteroatoms. The van der Waals surface area contributed by atoms with E-state index < -0.39 is 5.97 Å². The van der Waals surface area contributed by atoms with Crippen molar-refractivity contribution >= 4 is 39.8 Å². The lowest BCUT2D eigenvalue weighted by Gasteiger charge is -2.18. The van der Waals surface area contributed by atoms with E-state index in [2.05, 4.69) is 16.3 Å². The predicted octanol–water partition coefficient (Wildman–Crippen LogP) is 3.52. The lowest BCUT2D eigenvalue weighted by molar-refractivity contribution is -0.141. The average molecular weight is 391 g/mol. The molecule has 5 nitrogen and oxygen atoms in total. The minimum Gasteiger partial charge on any atom is -0.468 e. The number of fused-ring (bicyclic) bond motifs is 1. The maximum absolute atomic E-state index is 13.0. The molecule has 3 rings (SSSR count). The zero-order chi connectivity index (χ0) is 18.7. The van der Waals surface area contributed by atoms with E-state index >= 15 is 0 Å². The van der Waals surface area contributed by atoms with Gasteiger partial charge in [0.2, 0.25) is 0 Å². The maximum Gasteiger partial charge on any atom is 0.325 e. The van der Waals surface area contributed by atoms with Crippen LogP contribution in [0.25, 0.3) is 10.9 Å². The van der Waals surface area contributed by atoms with Crippen molar-refractivity contribution in [2.24, 2.45) is 0 Å². The highest BCUT2D eigenvalue weighted by atomic mass is 35.5. The Kier molecular flexibility index (Phi) is 5.76. The first-order chi connectivity index (χ1) is 12.5. The third kappa shape index (κ3) is 4.15. The molecule has 0 radical (unpaired) electrons. The number of hydrogen-bond acceptors (Lipinski definition) is 5. The standard InChI is InChI=1S/C19H19ClN2O3S/c1-21(9-13-5-6-26-12-13)10-15-7-14-3-4-16(20)8-17(14)22(19(15)24)11-18(23)25-2/h3-8,12H,9-11H2,1-2H3. The zero-order valence-electron chi connectivity index (χ0n) is 14.6. The summed E-state index contributed by atoms with van der Waals surface area (Å²) in [5.41, 5.74) is 2.25. The van der Waals surface area contributed by atoms with Crippen LogP contribution in [0, 0.1) is 0 Å². The van der Waals surface area contributed by atoms with Crippen LogP contribution in [-0.4, -0.2) is 29.6 Å². The Balaban J connectivity index is 1.99. The molecule has 0 saturated heterocycles. The second kappa shape index (κ2) is 8.03. The summed E-state index contributed by atoms with van der Waals surface area (Å²) in [6.45, 7) is 1.08. The van der Waals surface area contributed by atoms with Crippen LogP contribution in [0.1, 0.15) is 11.1 Å². The molecule has 0 spiro atoms. The van der Waals surface area contributed by atoms with Crippen LogP contribution in [0.4, 0.5) is 0 Å². The summed E-state index contributed by atoms with van der Waals surface area (Å²) in [6.07, 6.45) is 0. The van der Waals surface area contributed by atoms with E-state index in [4.69, 9.17) is 16.3 Å². The maximum atomic E-state index is 13.0. The number of halogens is 1. The minimum absolute atomic E-state index is 0.145. The van der Waals surface area contributed by atoms with Gasteiger partial charge in [-0.2, -0.15) is 11.3 Å². The SMILES string of the molecule is COC(=O)Cn1c(=O)c(CN(C)Cc2ccsc2)cc2ccc(Cl)cc21. The van der Waals surface area contributed by atoms with Gasteiger partial charge in [0, 0.05) is 23.7 Å². The number of hydrogen-bond donors (Lipinski definition) is 0. The first kappa shape index (κ1) is 18.6. The molecule has 0 unspecified atom stereocenters. The number of nitrogens with zero attached hydrogens (tertiary/aromatic N) is 2. The Morgan fingerprint density at radius 1 is 1.27 bits per heavy atom. The molecule has 0 aliphatic heterocycles. The van der Waals surface area contributed by atoms with E-state index in [0.29, 0.717) is 22.6 Å². The van der Waals surface area contributed by atoms with Crippen molar-refractivity contribution in [2.75, 3.05) is 14.2 Å². The normalized spacial score (nSPS) is 11.2. The summed E-state index contributed by atoms with van der Waals surface area (Å²) in [5, 5.41) is 5.50. The summed E-state index contributed by atoms with van der Waals surface area (Å²) in [7, 11) is 3.27. The lowest BCUT2D eigenvalue weighted by Crippen LogP contribution is -2.30. The molecule has 0 fully saturated rings. The Morgan fingerprint density at radius 2 is 2.08 bits per heavy atom. The van der Waals surface area contributed by atoms with E-state index in [-0.39, 0.29) is 12.1 Å². The van der Waals surface area contributed by atoms with Crippen LogP contribution >= 0.6 is 22.9 Å². The van der Waals surface area contributed by atoms with E-state index in [1.165, 1.54) is 17.2 Å². The van der Waals surface area contributed by atoms with Gasteiger partial charge in [0.1, 0.15) is 6.54 Å². The first-order valence-electron chi connectivity index (χ1n) is 8.06. The van der Waals surface area contributed by atoms with Crippen molar-refractivity contribution in [3.05, 3.63) is 67.6 Å². The minimum atomic E-state index is -0.475. The van der Waals surface area contributed by atoms with Crippen LogP contribution in [0.2, 0.25) is 5.02 Å². The van der Waals surface area contributed by atoms with Crippen LogP contribution in [-0.2, 0) is 29.2 Å². The van der Waals surface area contributed by atoms with Crippen LogP contribution in [0.15, 0.2) is 45.9 Å². The molecule has 0 saturated carbocycles. The number of ether oxygens (including phenoxy) is 1.